The maximum absolute atomic E-state index is 12.0. The lowest BCUT2D eigenvalue weighted by Gasteiger charge is -2.20. The average molecular weight is 316 g/mol. The van der Waals surface area contributed by atoms with Gasteiger partial charge >= 0.3 is 5.97 Å². The summed E-state index contributed by atoms with van der Waals surface area (Å²) in [6, 6.07) is 7.57. The zero-order valence-corrected chi connectivity index (χ0v) is 14.2. The van der Waals surface area contributed by atoms with Crippen LogP contribution in [-0.4, -0.2) is 28.0 Å². The van der Waals surface area contributed by atoms with Crippen molar-refractivity contribution in [3.05, 3.63) is 47.8 Å². The minimum Gasteiger partial charge on any atom is -0.493 e. The summed E-state index contributed by atoms with van der Waals surface area (Å²) in [6.07, 6.45) is 4.78. The van der Waals surface area contributed by atoms with Gasteiger partial charge in [0.25, 0.3) is 0 Å². The van der Waals surface area contributed by atoms with Crippen LogP contribution in [0.3, 0.4) is 0 Å². The van der Waals surface area contributed by atoms with Gasteiger partial charge in [-0.1, -0.05) is 18.2 Å². The van der Waals surface area contributed by atoms with Crippen molar-refractivity contribution < 1.29 is 14.3 Å². The van der Waals surface area contributed by atoms with Crippen molar-refractivity contribution in [3.63, 3.8) is 0 Å². The molecule has 23 heavy (non-hydrogen) atoms. The van der Waals surface area contributed by atoms with Crippen LogP contribution >= 0.6 is 0 Å². The molecule has 0 atom stereocenters. The number of aromatic nitrogens is 2. The summed E-state index contributed by atoms with van der Waals surface area (Å²) in [5.74, 6) is 0.475. The van der Waals surface area contributed by atoms with Gasteiger partial charge in [0.05, 0.1) is 19.2 Å². The van der Waals surface area contributed by atoms with Crippen molar-refractivity contribution in [2.24, 2.45) is 7.05 Å². The third-order valence-corrected chi connectivity index (χ3v) is 3.13. The van der Waals surface area contributed by atoms with Crippen LogP contribution in [0.2, 0.25) is 0 Å². The molecule has 5 heteroatoms. The Balaban J connectivity index is 1.93. The van der Waals surface area contributed by atoms with E-state index in [4.69, 9.17) is 9.47 Å². The summed E-state index contributed by atoms with van der Waals surface area (Å²) in [7, 11) is 1.89. The van der Waals surface area contributed by atoms with E-state index in [-0.39, 0.29) is 12.4 Å². The molecule has 0 amide bonds. The van der Waals surface area contributed by atoms with Gasteiger partial charge in [-0.25, -0.2) is 0 Å². The molecule has 0 unspecified atom stereocenters. The molecule has 0 aliphatic carbocycles. The standard InChI is InChI=1S/C18H24N2O3/c1-18(2,3)23-17(21)11-15-7-5-6-8-16(15)22-10-9-14-12-19-20(4)13-14/h5-8,12-13H,9-11H2,1-4H3. The van der Waals surface area contributed by atoms with E-state index in [1.807, 2.05) is 64.5 Å². The van der Waals surface area contributed by atoms with E-state index in [9.17, 15) is 4.79 Å². The normalized spacial score (nSPS) is 11.3. The second-order valence-corrected chi connectivity index (χ2v) is 6.49. The SMILES string of the molecule is Cn1cc(CCOc2ccccc2CC(=O)OC(C)(C)C)cn1. The molecule has 2 rings (SSSR count). The summed E-state index contributed by atoms with van der Waals surface area (Å²) in [5, 5.41) is 4.13. The summed E-state index contributed by atoms with van der Waals surface area (Å²) in [5.41, 5.74) is 1.48. The predicted molar refractivity (Wildman–Crippen MR) is 88.4 cm³/mol. The Bertz CT molecular complexity index is 656. The van der Waals surface area contributed by atoms with Crippen molar-refractivity contribution in [1.29, 1.82) is 0 Å². The highest BCUT2D eigenvalue weighted by Crippen LogP contribution is 2.20. The second kappa shape index (κ2) is 7.31. The maximum atomic E-state index is 12.0. The second-order valence-electron chi connectivity index (χ2n) is 6.49. The van der Waals surface area contributed by atoms with Crippen LogP contribution in [0.4, 0.5) is 0 Å². The van der Waals surface area contributed by atoms with Gasteiger partial charge in [-0.2, -0.15) is 5.10 Å². The lowest BCUT2D eigenvalue weighted by atomic mass is 10.1. The predicted octanol–water partition coefficient (Wildman–Crippen LogP) is 2.93. The third-order valence-electron chi connectivity index (χ3n) is 3.13. The van der Waals surface area contributed by atoms with Gasteiger partial charge < -0.3 is 9.47 Å². The molecule has 1 aromatic carbocycles. The number of rotatable bonds is 6. The number of esters is 1. The Hall–Kier alpha value is -2.30. The van der Waals surface area contributed by atoms with E-state index in [2.05, 4.69) is 5.10 Å². The summed E-state index contributed by atoms with van der Waals surface area (Å²) < 4.78 is 13.0. The molecular formula is C18H24N2O3. The fourth-order valence-corrected chi connectivity index (χ4v) is 2.20. The van der Waals surface area contributed by atoms with Gasteiger partial charge in [-0.15, -0.1) is 0 Å². The van der Waals surface area contributed by atoms with Crippen LogP contribution < -0.4 is 4.74 Å². The van der Waals surface area contributed by atoms with Gasteiger partial charge in [0.15, 0.2) is 0 Å². The molecule has 0 aliphatic heterocycles. The van der Waals surface area contributed by atoms with E-state index < -0.39 is 5.60 Å². The molecule has 0 spiro atoms. The Morgan fingerprint density at radius 2 is 2.00 bits per heavy atom. The number of aryl methyl sites for hydroxylation is 1. The number of para-hydroxylation sites is 1. The van der Waals surface area contributed by atoms with Crippen LogP contribution in [0.5, 0.6) is 5.75 Å². The van der Waals surface area contributed by atoms with Gasteiger partial charge in [-0.05, 0) is 32.4 Å². The molecule has 0 saturated carbocycles. The highest BCUT2D eigenvalue weighted by atomic mass is 16.6. The molecule has 0 bridgehead atoms. The highest BCUT2D eigenvalue weighted by Gasteiger charge is 2.18. The topological polar surface area (TPSA) is 53.4 Å². The molecule has 0 N–H and O–H groups in total. The zero-order chi connectivity index (χ0) is 16.9. The van der Waals surface area contributed by atoms with Crippen molar-refractivity contribution >= 4 is 5.97 Å². The Kier molecular flexibility index (Phi) is 5.42. The number of benzene rings is 1. The Labute approximate surface area is 137 Å². The van der Waals surface area contributed by atoms with Crippen molar-refractivity contribution in [2.45, 2.75) is 39.2 Å². The minimum atomic E-state index is -0.479. The van der Waals surface area contributed by atoms with Crippen molar-refractivity contribution in [3.8, 4) is 5.75 Å². The number of nitrogens with zero attached hydrogens (tertiary/aromatic N) is 2. The number of hydrogen-bond donors (Lipinski definition) is 0. The largest absolute Gasteiger partial charge is 0.493 e. The van der Waals surface area contributed by atoms with Crippen LogP contribution in [-0.2, 0) is 29.4 Å². The van der Waals surface area contributed by atoms with Gasteiger partial charge in [0, 0.05) is 25.2 Å². The minimum absolute atomic E-state index is 0.209. The molecule has 0 aliphatic rings. The van der Waals surface area contributed by atoms with E-state index >= 15 is 0 Å². The maximum Gasteiger partial charge on any atom is 0.310 e. The molecule has 1 heterocycles. The lowest BCUT2D eigenvalue weighted by molar-refractivity contribution is -0.153. The summed E-state index contributed by atoms with van der Waals surface area (Å²) >= 11 is 0. The molecule has 2 aromatic rings. The molecule has 0 saturated heterocycles. The molecule has 0 radical (unpaired) electrons. The first kappa shape index (κ1) is 17.1. The quantitative estimate of drug-likeness (QED) is 0.769. The highest BCUT2D eigenvalue weighted by molar-refractivity contribution is 5.74. The number of carbonyl (C=O) groups excluding carboxylic acids is 1. The monoisotopic (exact) mass is 316 g/mol. The smallest absolute Gasteiger partial charge is 0.310 e. The van der Waals surface area contributed by atoms with Gasteiger partial charge in [0.2, 0.25) is 0 Å². The number of hydrogen-bond acceptors (Lipinski definition) is 4. The zero-order valence-electron chi connectivity index (χ0n) is 14.2. The fourth-order valence-electron chi connectivity index (χ4n) is 2.20. The number of ether oxygens (including phenoxy) is 2. The van der Waals surface area contributed by atoms with Crippen LogP contribution in [0.1, 0.15) is 31.9 Å². The van der Waals surface area contributed by atoms with E-state index in [0.717, 1.165) is 23.3 Å². The van der Waals surface area contributed by atoms with Crippen LogP contribution in [0.25, 0.3) is 0 Å². The van der Waals surface area contributed by atoms with Crippen LogP contribution in [0, 0.1) is 0 Å². The molecule has 5 nitrogen and oxygen atoms in total. The molecule has 124 valence electrons. The fraction of sp³-hybridized carbons (Fsp3) is 0.444. The molecule has 0 fully saturated rings. The van der Waals surface area contributed by atoms with Gasteiger partial charge in [-0.3, -0.25) is 9.48 Å². The molecule has 1 aromatic heterocycles. The van der Waals surface area contributed by atoms with Crippen molar-refractivity contribution in [1.82, 2.24) is 9.78 Å². The summed E-state index contributed by atoms with van der Waals surface area (Å²) in [6.45, 7) is 6.13. The van der Waals surface area contributed by atoms with E-state index in [0.29, 0.717) is 6.61 Å². The van der Waals surface area contributed by atoms with E-state index in [1.54, 1.807) is 4.68 Å². The molecular weight excluding hydrogens is 292 g/mol. The first-order chi connectivity index (χ1) is 10.8. The number of carbonyl (C=O) groups is 1. The van der Waals surface area contributed by atoms with Crippen LogP contribution in [0.15, 0.2) is 36.7 Å². The first-order valence-electron chi connectivity index (χ1n) is 7.73. The lowest BCUT2D eigenvalue weighted by Crippen LogP contribution is -2.25. The van der Waals surface area contributed by atoms with Gasteiger partial charge in [0.1, 0.15) is 11.4 Å². The Morgan fingerprint density at radius 3 is 2.65 bits per heavy atom. The Morgan fingerprint density at radius 1 is 1.26 bits per heavy atom. The van der Waals surface area contributed by atoms with E-state index in [1.165, 1.54) is 0 Å². The van der Waals surface area contributed by atoms with Crippen molar-refractivity contribution in [2.75, 3.05) is 6.61 Å². The summed E-state index contributed by atoms with van der Waals surface area (Å²) in [4.78, 5) is 12.0. The first-order valence-corrected chi connectivity index (χ1v) is 7.73. The third kappa shape index (κ3) is 5.77. The average Bonchev–Trinajstić information content (AvgIpc) is 2.84.